The Morgan fingerprint density at radius 1 is 0.906 bits per heavy atom. The highest BCUT2D eigenvalue weighted by Gasteiger charge is 2.38. The number of anilines is 1. The van der Waals surface area contributed by atoms with E-state index in [1.54, 1.807) is 0 Å². The number of aromatic carboxylic acids is 1. The summed E-state index contributed by atoms with van der Waals surface area (Å²) in [5.74, 6) is -11.3. The predicted octanol–water partition coefficient (Wildman–Crippen LogP) is 8.65. The summed E-state index contributed by atoms with van der Waals surface area (Å²) in [6, 6.07) is 12.4. The molecule has 1 saturated carbocycles. The van der Waals surface area contributed by atoms with Gasteiger partial charge in [0.2, 0.25) is 15.9 Å². The lowest BCUT2D eigenvalue weighted by Crippen LogP contribution is -2.43. The lowest BCUT2D eigenvalue weighted by Gasteiger charge is -2.30. The molecule has 282 valence electrons. The monoisotopic (exact) mass is 778 g/mol. The van der Waals surface area contributed by atoms with Gasteiger partial charge in [0.25, 0.3) is 0 Å². The van der Waals surface area contributed by atoms with Crippen LogP contribution in [0, 0.1) is 36.0 Å². The molecular formula is C38H36ClF5N2O6S. The third-order valence-electron chi connectivity index (χ3n) is 9.00. The molecule has 0 aromatic heterocycles. The van der Waals surface area contributed by atoms with Gasteiger partial charge in [-0.25, -0.2) is 35.2 Å². The van der Waals surface area contributed by atoms with E-state index in [4.69, 9.17) is 16.3 Å². The predicted molar refractivity (Wildman–Crippen MR) is 188 cm³/mol. The molecule has 0 heterocycles. The first-order valence-electron chi connectivity index (χ1n) is 16.4. The average molecular weight is 779 g/mol. The molecule has 0 radical (unpaired) electrons. The van der Waals surface area contributed by atoms with Crippen molar-refractivity contribution in [3.63, 3.8) is 0 Å². The fourth-order valence-corrected chi connectivity index (χ4v) is 7.57. The van der Waals surface area contributed by atoms with Crippen LogP contribution in [-0.2, 0) is 33.3 Å². The van der Waals surface area contributed by atoms with Crippen LogP contribution in [0.3, 0.4) is 0 Å². The minimum atomic E-state index is -5.53. The molecular weight excluding hydrogens is 743 g/mol. The van der Waals surface area contributed by atoms with Gasteiger partial charge < -0.3 is 14.7 Å². The zero-order chi connectivity index (χ0) is 39.2. The summed E-state index contributed by atoms with van der Waals surface area (Å²) in [6.07, 6.45) is 1.94. The number of amides is 1. The Morgan fingerprint density at radius 2 is 1.58 bits per heavy atom. The maximum atomic E-state index is 15.4. The third-order valence-corrected chi connectivity index (χ3v) is 11.2. The molecule has 1 aliphatic rings. The molecule has 53 heavy (non-hydrogen) atoms. The first-order chi connectivity index (χ1) is 24.7. The van der Waals surface area contributed by atoms with Gasteiger partial charge >= 0.3 is 5.97 Å². The number of nitrogens with zero attached hydrogens (tertiary/aromatic N) is 2. The number of carboxylic acid groups (broad SMARTS) is 1. The molecule has 0 saturated heterocycles. The first kappa shape index (κ1) is 39.7. The molecule has 4 aromatic carbocycles. The number of carboxylic acids is 1. The van der Waals surface area contributed by atoms with Gasteiger partial charge in [-0.05, 0) is 83.7 Å². The molecule has 4 aromatic rings. The number of ether oxygens (including phenoxy) is 1. The highest BCUT2D eigenvalue weighted by Crippen LogP contribution is 2.42. The quantitative estimate of drug-likeness (QED) is 0.0878. The summed E-state index contributed by atoms with van der Waals surface area (Å²) in [4.78, 5) is 25.6. The topological polar surface area (TPSA) is 104 Å². The number of sulfonamides is 1. The van der Waals surface area contributed by atoms with E-state index in [1.165, 1.54) is 25.3 Å². The largest absolute Gasteiger partial charge is 0.495 e. The van der Waals surface area contributed by atoms with Crippen LogP contribution in [0.4, 0.5) is 27.6 Å². The third kappa shape index (κ3) is 8.34. The molecule has 1 aliphatic carbocycles. The lowest BCUT2D eigenvalue weighted by molar-refractivity contribution is -0.119. The van der Waals surface area contributed by atoms with Crippen LogP contribution in [0.25, 0.3) is 0 Å². The fourth-order valence-electron chi connectivity index (χ4n) is 5.80. The summed E-state index contributed by atoms with van der Waals surface area (Å²) in [7, 11) is -4.30. The van der Waals surface area contributed by atoms with Crippen molar-refractivity contribution in [3.05, 3.63) is 122 Å². The SMILES string of the molecule is COc1cc(C(=O)O)ccc1N(Cc1cc(C2CC2)cc(C(C)(C)C)c1)C(=O)CN(Cc1ccc(F)cc1Cl)S(=O)(=O)c1c(F)c(C)c(F)c(F)c1F. The van der Waals surface area contributed by atoms with E-state index in [0.717, 1.165) is 54.0 Å². The van der Waals surface area contributed by atoms with Gasteiger partial charge in [-0.2, -0.15) is 4.31 Å². The van der Waals surface area contributed by atoms with Gasteiger partial charge in [0.1, 0.15) is 11.6 Å². The molecule has 0 spiro atoms. The van der Waals surface area contributed by atoms with Crippen molar-refractivity contribution in [1.29, 1.82) is 0 Å². The van der Waals surface area contributed by atoms with Crippen LogP contribution < -0.4 is 9.64 Å². The van der Waals surface area contributed by atoms with E-state index in [9.17, 15) is 36.3 Å². The first-order valence-corrected chi connectivity index (χ1v) is 18.2. The van der Waals surface area contributed by atoms with E-state index < -0.39 is 74.5 Å². The Labute approximate surface area is 308 Å². The molecule has 0 unspecified atom stereocenters. The van der Waals surface area contributed by atoms with Crippen molar-refractivity contribution in [2.24, 2.45) is 0 Å². The van der Waals surface area contributed by atoms with E-state index in [1.807, 2.05) is 32.9 Å². The number of carbonyl (C=O) groups excluding carboxylic acids is 1. The summed E-state index contributed by atoms with van der Waals surface area (Å²) in [5.41, 5.74) is 0.922. The van der Waals surface area contributed by atoms with Gasteiger partial charge in [-0.1, -0.05) is 56.6 Å². The molecule has 15 heteroatoms. The second-order valence-corrected chi connectivity index (χ2v) is 16.2. The maximum Gasteiger partial charge on any atom is 0.335 e. The standard InChI is InChI=1S/C38H36ClF5N2O6S/c1-20-32(41)34(43)35(44)36(33(20)42)53(50,51)45(18-24-8-10-27(40)16-28(24)39)19-31(47)46(29-11-9-23(37(48)49)15-30(29)52-5)17-21-12-25(22-6-7-22)14-26(13-21)38(2,3)4/h8-16,22H,6-7,17-19H2,1-5H3,(H,48,49). The average Bonchev–Trinajstić information content (AvgIpc) is 3.95. The number of halogens is 6. The Bertz CT molecular complexity index is 2190. The van der Waals surface area contributed by atoms with Crippen molar-refractivity contribution >= 4 is 39.2 Å². The highest BCUT2D eigenvalue weighted by molar-refractivity contribution is 7.89. The number of hydrogen-bond acceptors (Lipinski definition) is 5. The zero-order valence-corrected chi connectivity index (χ0v) is 30.9. The van der Waals surface area contributed by atoms with Gasteiger partial charge in [-0.15, -0.1) is 0 Å². The molecule has 5 rings (SSSR count). The number of rotatable bonds is 12. The van der Waals surface area contributed by atoms with Crippen LogP contribution in [-0.4, -0.2) is 43.4 Å². The van der Waals surface area contributed by atoms with Crippen molar-refractivity contribution in [3.8, 4) is 5.75 Å². The van der Waals surface area contributed by atoms with Gasteiger partial charge in [-0.3, -0.25) is 4.79 Å². The van der Waals surface area contributed by atoms with Gasteiger partial charge in [0.15, 0.2) is 28.2 Å². The van der Waals surface area contributed by atoms with Crippen LogP contribution >= 0.6 is 11.6 Å². The second-order valence-electron chi connectivity index (χ2n) is 13.9. The zero-order valence-electron chi connectivity index (χ0n) is 29.4. The van der Waals surface area contributed by atoms with Crippen molar-refractivity contribution in [2.45, 2.75) is 69.9 Å². The van der Waals surface area contributed by atoms with Gasteiger partial charge in [0.05, 0.1) is 31.5 Å². The molecule has 1 fully saturated rings. The normalized spacial score (nSPS) is 13.4. The second kappa shape index (κ2) is 15.1. The Balaban J connectivity index is 1.68. The Hall–Kier alpha value is -4.53. The fraction of sp³-hybridized carbons (Fsp3) is 0.316. The lowest BCUT2D eigenvalue weighted by atomic mass is 9.84. The molecule has 0 atom stereocenters. The van der Waals surface area contributed by atoms with E-state index in [2.05, 4.69) is 6.07 Å². The number of carbonyl (C=O) groups is 2. The minimum Gasteiger partial charge on any atom is -0.495 e. The van der Waals surface area contributed by atoms with Crippen LogP contribution in [0.1, 0.15) is 77.7 Å². The van der Waals surface area contributed by atoms with Crippen LogP contribution in [0.5, 0.6) is 5.75 Å². The Kier molecular flexibility index (Phi) is 11.3. The number of methoxy groups -OCH3 is 1. The van der Waals surface area contributed by atoms with Crippen molar-refractivity contribution in [2.75, 3.05) is 18.6 Å². The molecule has 0 bridgehead atoms. The highest BCUT2D eigenvalue weighted by atomic mass is 35.5. The Morgan fingerprint density at radius 3 is 2.17 bits per heavy atom. The summed E-state index contributed by atoms with van der Waals surface area (Å²) >= 11 is 6.20. The van der Waals surface area contributed by atoms with Crippen molar-refractivity contribution < 1.29 is 49.8 Å². The van der Waals surface area contributed by atoms with E-state index in [0.29, 0.717) is 15.8 Å². The van der Waals surface area contributed by atoms with Crippen LogP contribution in [0.2, 0.25) is 5.02 Å². The molecule has 1 amide bonds. The number of hydrogen-bond donors (Lipinski definition) is 1. The number of benzene rings is 4. The summed E-state index contributed by atoms with van der Waals surface area (Å²) < 4.78 is 108. The molecule has 8 nitrogen and oxygen atoms in total. The molecule has 1 N–H and O–H groups in total. The van der Waals surface area contributed by atoms with E-state index in [-0.39, 0.29) is 39.5 Å². The van der Waals surface area contributed by atoms with Crippen molar-refractivity contribution in [1.82, 2.24) is 4.31 Å². The minimum absolute atomic E-state index is 0.0230. The summed E-state index contributed by atoms with van der Waals surface area (Å²) in [5, 5.41) is 9.32. The summed E-state index contributed by atoms with van der Waals surface area (Å²) in [6.45, 7) is 4.53. The smallest absolute Gasteiger partial charge is 0.335 e. The van der Waals surface area contributed by atoms with Gasteiger partial charge in [0, 0.05) is 17.1 Å². The van der Waals surface area contributed by atoms with E-state index >= 15 is 8.78 Å². The molecule has 0 aliphatic heterocycles. The maximum absolute atomic E-state index is 15.4. The van der Waals surface area contributed by atoms with Crippen LogP contribution in [0.15, 0.2) is 59.5 Å².